The van der Waals surface area contributed by atoms with Crippen LogP contribution in [0.5, 0.6) is 0 Å². The highest BCUT2D eigenvalue weighted by Crippen LogP contribution is 2.16. The van der Waals surface area contributed by atoms with Crippen molar-refractivity contribution in [2.24, 2.45) is 5.92 Å². The third-order valence-electron chi connectivity index (χ3n) is 1.94. The smallest absolute Gasteiger partial charge is 0.00718 e. The largest absolute Gasteiger partial charge is 0.306 e. The molecule has 1 heterocycles. The number of piperidine rings is 1. The molecule has 1 aliphatic heterocycles. The molecular weight excluding hydrogens is 258 g/mol. The third-order valence-corrected chi connectivity index (χ3v) is 2.86. The lowest BCUT2D eigenvalue weighted by Crippen LogP contribution is -2.32. The fourth-order valence-electron chi connectivity index (χ4n) is 1.40. The van der Waals surface area contributed by atoms with Gasteiger partial charge >= 0.3 is 0 Å². The molecule has 1 rings (SSSR count). The van der Waals surface area contributed by atoms with Crippen LogP contribution in [0.3, 0.4) is 0 Å². The molecule has 10 heavy (non-hydrogen) atoms. The molecule has 0 aliphatic carbocycles. The number of hydrogen-bond acceptors (Lipinski definition) is 1. The highest BCUT2D eigenvalue weighted by molar-refractivity contribution is 9.09. The lowest BCUT2D eigenvalue weighted by molar-refractivity contribution is 0.225. The molecule has 0 aromatic heterocycles. The minimum Gasteiger partial charge on any atom is -0.306 e. The van der Waals surface area contributed by atoms with Crippen LogP contribution >= 0.6 is 32.9 Å². The summed E-state index contributed by atoms with van der Waals surface area (Å²) in [6, 6.07) is 0. The van der Waals surface area contributed by atoms with E-state index in [2.05, 4.69) is 27.9 Å². The van der Waals surface area contributed by atoms with E-state index < -0.39 is 0 Å². The quantitative estimate of drug-likeness (QED) is 0.662. The summed E-state index contributed by atoms with van der Waals surface area (Å²) in [6.07, 6.45) is 2.79. The number of likely N-dealkylation sites (tertiary alicyclic amines) is 1. The molecule has 1 aliphatic rings. The van der Waals surface area contributed by atoms with Crippen LogP contribution < -0.4 is 0 Å². The maximum Gasteiger partial charge on any atom is 0.00718 e. The van der Waals surface area contributed by atoms with Crippen LogP contribution in [0.15, 0.2) is 0 Å². The fraction of sp³-hybridized carbons (Fsp3) is 1.00. The Balaban J connectivity index is 0.000000810. The molecular formula is C7H15Br2N. The molecule has 1 fully saturated rings. The van der Waals surface area contributed by atoms with Gasteiger partial charge in [-0.15, -0.1) is 17.0 Å². The van der Waals surface area contributed by atoms with Gasteiger partial charge in [-0.25, -0.2) is 0 Å². The van der Waals surface area contributed by atoms with Crippen LogP contribution in [0.2, 0.25) is 0 Å². The summed E-state index contributed by atoms with van der Waals surface area (Å²) in [7, 11) is 2.20. The molecule has 0 amide bonds. The Kier molecular flexibility index (Phi) is 6.07. The second kappa shape index (κ2) is 5.56. The average molecular weight is 273 g/mol. The predicted octanol–water partition coefficient (Wildman–Crippen LogP) is 2.30. The molecule has 1 nitrogen and oxygen atoms in total. The minimum absolute atomic E-state index is 0. The minimum atomic E-state index is 0. The zero-order valence-electron chi connectivity index (χ0n) is 6.35. The van der Waals surface area contributed by atoms with Gasteiger partial charge in [0.05, 0.1) is 0 Å². The molecule has 0 saturated carbocycles. The molecule has 0 unspecified atom stereocenters. The van der Waals surface area contributed by atoms with E-state index in [0.29, 0.717) is 0 Å². The van der Waals surface area contributed by atoms with Crippen LogP contribution in [0.1, 0.15) is 12.8 Å². The summed E-state index contributed by atoms with van der Waals surface area (Å²) in [6.45, 7) is 2.58. The summed E-state index contributed by atoms with van der Waals surface area (Å²) < 4.78 is 0. The van der Waals surface area contributed by atoms with Crippen molar-refractivity contribution in [2.45, 2.75) is 12.8 Å². The number of halogens is 2. The first-order chi connectivity index (χ1) is 4.33. The van der Waals surface area contributed by atoms with E-state index >= 15 is 0 Å². The molecule has 0 aromatic carbocycles. The Hall–Kier alpha value is 0.920. The molecule has 1 atom stereocenters. The first-order valence-electron chi connectivity index (χ1n) is 3.57. The van der Waals surface area contributed by atoms with Crippen molar-refractivity contribution in [1.82, 2.24) is 4.90 Å². The third kappa shape index (κ3) is 3.35. The lowest BCUT2D eigenvalue weighted by atomic mass is 10.0. The van der Waals surface area contributed by atoms with E-state index in [-0.39, 0.29) is 17.0 Å². The molecule has 0 spiro atoms. The summed E-state index contributed by atoms with van der Waals surface area (Å²) in [5, 5.41) is 1.18. The molecule has 0 N–H and O–H groups in total. The van der Waals surface area contributed by atoms with Gasteiger partial charge in [0.15, 0.2) is 0 Å². The van der Waals surface area contributed by atoms with Crippen LogP contribution in [0, 0.1) is 5.92 Å². The van der Waals surface area contributed by atoms with Crippen molar-refractivity contribution in [3.63, 3.8) is 0 Å². The second-order valence-corrected chi connectivity index (χ2v) is 3.57. The Morgan fingerprint density at radius 3 is 2.70 bits per heavy atom. The lowest BCUT2D eigenvalue weighted by Gasteiger charge is -2.28. The van der Waals surface area contributed by atoms with Crippen molar-refractivity contribution >= 4 is 32.9 Å². The number of alkyl halides is 1. The zero-order valence-corrected chi connectivity index (χ0v) is 9.65. The summed E-state index contributed by atoms with van der Waals surface area (Å²) in [5.74, 6) is 0.906. The van der Waals surface area contributed by atoms with E-state index in [1.165, 1.54) is 31.3 Å². The van der Waals surface area contributed by atoms with Crippen molar-refractivity contribution in [2.75, 3.05) is 25.5 Å². The van der Waals surface area contributed by atoms with Crippen molar-refractivity contribution in [1.29, 1.82) is 0 Å². The fourth-order valence-corrected chi connectivity index (χ4v) is 1.93. The Morgan fingerprint density at radius 2 is 2.30 bits per heavy atom. The van der Waals surface area contributed by atoms with Gasteiger partial charge in [-0.05, 0) is 32.4 Å². The van der Waals surface area contributed by atoms with Crippen molar-refractivity contribution < 1.29 is 0 Å². The van der Waals surface area contributed by atoms with Gasteiger partial charge < -0.3 is 4.90 Å². The topological polar surface area (TPSA) is 3.24 Å². The van der Waals surface area contributed by atoms with E-state index in [1.807, 2.05) is 0 Å². The van der Waals surface area contributed by atoms with Crippen LogP contribution in [-0.2, 0) is 0 Å². The van der Waals surface area contributed by atoms with Gasteiger partial charge in [0.25, 0.3) is 0 Å². The number of rotatable bonds is 1. The number of hydrogen-bond donors (Lipinski definition) is 0. The highest BCUT2D eigenvalue weighted by Gasteiger charge is 2.14. The Morgan fingerprint density at radius 1 is 1.60 bits per heavy atom. The molecule has 3 heteroatoms. The van der Waals surface area contributed by atoms with E-state index in [9.17, 15) is 0 Å². The molecule has 0 bridgehead atoms. The maximum absolute atomic E-state index is 3.51. The Bertz CT molecular complexity index is 87.7. The normalized spacial score (nSPS) is 27.6. The molecule has 1 saturated heterocycles. The summed E-state index contributed by atoms with van der Waals surface area (Å²) in [4.78, 5) is 2.41. The first kappa shape index (κ1) is 10.9. The monoisotopic (exact) mass is 271 g/mol. The zero-order chi connectivity index (χ0) is 6.69. The van der Waals surface area contributed by atoms with Gasteiger partial charge in [0.1, 0.15) is 0 Å². The number of nitrogens with zero attached hydrogens (tertiary/aromatic N) is 1. The van der Waals surface area contributed by atoms with Gasteiger partial charge in [0, 0.05) is 11.9 Å². The molecule has 0 radical (unpaired) electrons. The SMILES string of the molecule is Br.CN1CCC[C@H](CBr)C1. The Labute approximate surface area is 82.1 Å². The summed E-state index contributed by atoms with van der Waals surface area (Å²) in [5.41, 5.74) is 0. The van der Waals surface area contributed by atoms with Gasteiger partial charge in [0.2, 0.25) is 0 Å². The first-order valence-corrected chi connectivity index (χ1v) is 4.69. The van der Waals surface area contributed by atoms with Crippen molar-refractivity contribution in [3.05, 3.63) is 0 Å². The van der Waals surface area contributed by atoms with Gasteiger partial charge in [-0.1, -0.05) is 15.9 Å². The predicted molar refractivity (Wildman–Crippen MR) is 54.3 cm³/mol. The molecule has 62 valence electrons. The van der Waals surface area contributed by atoms with Crippen LogP contribution in [-0.4, -0.2) is 30.4 Å². The summed E-state index contributed by atoms with van der Waals surface area (Å²) >= 11 is 3.51. The maximum atomic E-state index is 3.51. The van der Waals surface area contributed by atoms with E-state index in [4.69, 9.17) is 0 Å². The van der Waals surface area contributed by atoms with Crippen LogP contribution in [0.4, 0.5) is 0 Å². The van der Waals surface area contributed by atoms with Crippen molar-refractivity contribution in [3.8, 4) is 0 Å². The van der Waals surface area contributed by atoms with Gasteiger partial charge in [-0.2, -0.15) is 0 Å². The average Bonchev–Trinajstić information content (AvgIpc) is 1.88. The molecule has 0 aromatic rings. The highest BCUT2D eigenvalue weighted by atomic mass is 79.9. The van der Waals surface area contributed by atoms with Gasteiger partial charge in [-0.3, -0.25) is 0 Å². The van der Waals surface area contributed by atoms with E-state index in [1.54, 1.807) is 0 Å². The van der Waals surface area contributed by atoms with Crippen LogP contribution in [0.25, 0.3) is 0 Å². The second-order valence-electron chi connectivity index (χ2n) is 2.92. The standard InChI is InChI=1S/C7H14BrN.BrH/c1-9-4-2-3-7(5-8)6-9;/h7H,2-6H2,1H3;1H/t7-;/m1./s1. The van der Waals surface area contributed by atoms with E-state index in [0.717, 1.165) is 5.92 Å².